The highest BCUT2D eigenvalue weighted by molar-refractivity contribution is 7.80. The molecular weight excluding hydrogens is 288 g/mol. The van der Waals surface area contributed by atoms with Crippen molar-refractivity contribution < 1.29 is 0 Å². The van der Waals surface area contributed by atoms with Crippen LogP contribution in [0.2, 0.25) is 5.02 Å². The highest BCUT2D eigenvalue weighted by Crippen LogP contribution is 2.49. The maximum Gasteiger partial charge on any atom is 0.171 e. The third kappa shape index (κ3) is 2.94. The van der Waals surface area contributed by atoms with Crippen molar-refractivity contribution in [1.29, 1.82) is 0 Å². The van der Waals surface area contributed by atoms with Crippen LogP contribution in [-0.2, 0) is 0 Å². The van der Waals surface area contributed by atoms with Gasteiger partial charge in [0.15, 0.2) is 5.11 Å². The molecule has 2 aliphatic rings. The average molecular weight is 309 g/mol. The van der Waals surface area contributed by atoms with Crippen LogP contribution in [0.15, 0.2) is 24.3 Å². The SMILES string of the molecule is C[C@@H](NC(=S)Nc1ccccc1Cl)[C@@H]1C[C@H]2CC[C@H]1C2. The number of para-hydroxylation sites is 1. The molecule has 2 nitrogen and oxygen atoms in total. The van der Waals surface area contributed by atoms with E-state index in [1.54, 1.807) is 0 Å². The quantitative estimate of drug-likeness (QED) is 0.807. The second-order valence-corrected chi connectivity index (χ2v) is 7.02. The predicted molar refractivity (Wildman–Crippen MR) is 89.2 cm³/mol. The Balaban J connectivity index is 1.55. The summed E-state index contributed by atoms with van der Waals surface area (Å²) in [5, 5.41) is 8.01. The monoisotopic (exact) mass is 308 g/mol. The molecule has 2 N–H and O–H groups in total. The molecule has 0 radical (unpaired) electrons. The van der Waals surface area contributed by atoms with E-state index in [2.05, 4.69) is 17.6 Å². The highest BCUT2D eigenvalue weighted by Gasteiger charge is 2.41. The van der Waals surface area contributed by atoms with Crippen LogP contribution in [0.1, 0.15) is 32.6 Å². The first-order valence-electron chi connectivity index (χ1n) is 7.45. The molecule has 0 aliphatic heterocycles. The first-order valence-corrected chi connectivity index (χ1v) is 8.24. The number of benzene rings is 1. The van der Waals surface area contributed by atoms with Gasteiger partial charge in [0, 0.05) is 6.04 Å². The van der Waals surface area contributed by atoms with Crippen LogP contribution in [0, 0.1) is 17.8 Å². The van der Waals surface area contributed by atoms with Crippen molar-refractivity contribution in [3.05, 3.63) is 29.3 Å². The van der Waals surface area contributed by atoms with Gasteiger partial charge < -0.3 is 10.6 Å². The normalized spacial score (nSPS) is 29.2. The molecule has 0 amide bonds. The van der Waals surface area contributed by atoms with E-state index in [1.165, 1.54) is 25.7 Å². The number of halogens is 1. The molecule has 1 aromatic rings. The Morgan fingerprint density at radius 2 is 2.10 bits per heavy atom. The lowest BCUT2D eigenvalue weighted by Crippen LogP contribution is -2.42. The Morgan fingerprint density at radius 1 is 1.30 bits per heavy atom. The van der Waals surface area contributed by atoms with Crippen LogP contribution in [0.4, 0.5) is 5.69 Å². The summed E-state index contributed by atoms with van der Waals surface area (Å²) in [6.07, 6.45) is 5.65. The molecule has 108 valence electrons. The van der Waals surface area contributed by atoms with E-state index in [9.17, 15) is 0 Å². The van der Waals surface area contributed by atoms with Gasteiger partial charge in [-0.1, -0.05) is 30.2 Å². The molecule has 0 unspecified atom stereocenters. The molecule has 2 saturated carbocycles. The van der Waals surface area contributed by atoms with Crippen molar-refractivity contribution in [2.24, 2.45) is 17.8 Å². The largest absolute Gasteiger partial charge is 0.360 e. The number of hydrogen-bond acceptors (Lipinski definition) is 1. The van der Waals surface area contributed by atoms with Crippen molar-refractivity contribution in [2.75, 3.05) is 5.32 Å². The molecule has 0 aromatic heterocycles. The van der Waals surface area contributed by atoms with Gasteiger partial charge in [0.2, 0.25) is 0 Å². The van der Waals surface area contributed by atoms with Crippen molar-refractivity contribution in [2.45, 2.75) is 38.6 Å². The molecule has 2 fully saturated rings. The maximum absolute atomic E-state index is 6.13. The summed E-state index contributed by atoms with van der Waals surface area (Å²) in [6.45, 7) is 2.26. The molecular formula is C16H21ClN2S. The number of thiocarbonyl (C=S) groups is 1. The van der Waals surface area contributed by atoms with Gasteiger partial charge in [-0.05, 0) is 68.3 Å². The number of rotatable bonds is 3. The van der Waals surface area contributed by atoms with Gasteiger partial charge in [-0.3, -0.25) is 0 Å². The van der Waals surface area contributed by atoms with E-state index in [1.807, 2.05) is 24.3 Å². The lowest BCUT2D eigenvalue weighted by molar-refractivity contribution is 0.279. The third-order valence-electron chi connectivity index (χ3n) is 4.92. The second-order valence-electron chi connectivity index (χ2n) is 6.21. The van der Waals surface area contributed by atoms with E-state index in [0.29, 0.717) is 16.2 Å². The minimum Gasteiger partial charge on any atom is -0.360 e. The zero-order valence-corrected chi connectivity index (χ0v) is 13.3. The minimum absolute atomic E-state index is 0.438. The fraction of sp³-hybridized carbons (Fsp3) is 0.562. The molecule has 0 saturated heterocycles. The Kier molecular flexibility index (Phi) is 4.18. The minimum atomic E-state index is 0.438. The van der Waals surface area contributed by atoms with Crippen molar-refractivity contribution >= 4 is 34.6 Å². The molecule has 4 heteroatoms. The molecule has 20 heavy (non-hydrogen) atoms. The van der Waals surface area contributed by atoms with E-state index < -0.39 is 0 Å². The average Bonchev–Trinajstić information content (AvgIpc) is 3.03. The van der Waals surface area contributed by atoms with E-state index in [-0.39, 0.29) is 0 Å². The third-order valence-corrected chi connectivity index (χ3v) is 5.47. The van der Waals surface area contributed by atoms with Crippen LogP contribution in [0.5, 0.6) is 0 Å². The summed E-state index contributed by atoms with van der Waals surface area (Å²) in [5.74, 6) is 2.66. The predicted octanol–water partition coefficient (Wildman–Crippen LogP) is 4.45. The molecule has 2 bridgehead atoms. The van der Waals surface area contributed by atoms with Crippen molar-refractivity contribution in [3.63, 3.8) is 0 Å². The first-order chi connectivity index (χ1) is 9.63. The first kappa shape index (κ1) is 14.2. The van der Waals surface area contributed by atoms with Crippen LogP contribution in [-0.4, -0.2) is 11.2 Å². The van der Waals surface area contributed by atoms with E-state index in [0.717, 1.165) is 23.4 Å². The van der Waals surface area contributed by atoms with Gasteiger partial charge in [0.25, 0.3) is 0 Å². The molecule has 1 aromatic carbocycles. The summed E-state index contributed by atoms with van der Waals surface area (Å²) in [6, 6.07) is 8.12. The highest BCUT2D eigenvalue weighted by atomic mass is 35.5. The number of fused-ring (bicyclic) bond motifs is 2. The zero-order chi connectivity index (χ0) is 14.1. The Bertz CT molecular complexity index is 505. The number of nitrogens with one attached hydrogen (secondary N) is 2. The molecule has 0 heterocycles. The fourth-order valence-corrected chi connectivity index (χ4v) is 4.42. The maximum atomic E-state index is 6.13. The number of hydrogen-bond donors (Lipinski definition) is 2. The summed E-state index contributed by atoms with van der Waals surface area (Å²) >= 11 is 11.5. The molecule has 0 spiro atoms. The summed E-state index contributed by atoms with van der Waals surface area (Å²) in [4.78, 5) is 0. The standard InChI is InChI=1S/C16H21ClN2S/c1-10(13-9-11-6-7-12(13)8-11)18-16(20)19-15-5-3-2-4-14(15)17/h2-5,10-13H,6-9H2,1H3,(H2,18,19,20)/t10-,11+,12+,13+/m1/s1. The summed E-state index contributed by atoms with van der Waals surface area (Å²) < 4.78 is 0. The zero-order valence-electron chi connectivity index (χ0n) is 11.7. The topological polar surface area (TPSA) is 24.1 Å². The van der Waals surface area contributed by atoms with Gasteiger partial charge in [-0.25, -0.2) is 0 Å². The van der Waals surface area contributed by atoms with E-state index in [4.69, 9.17) is 23.8 Å². The lowest BCUT2D eigenvalue weighted by atomic mass is 9.84. The van der Waals surface area contributed by atoms with Crippen LogP contribution >= 0.6 is 23.8 Å². The molecule has 3 rings (SSSR count). The molecule has 2 aliphatic carbocycles. The van der Waals surface area contributed by atoms with Crippen molar-refractivity contribution in [3.8, 4) is 0 Å². The van der Waals surface area contributed by atoms with Crippen LogP contribution < -0.4 is 10.6 Å². The fourth-order valence-electron chi connectivity index (χ4n) is 3.94. The van der Waals surface area contributed by atoms with Crippen LogP contribution in [0.3, 0.4) is 0 Å². The Labute approximate surface area is 131 Å². The smallest absolute Gasteiger partial charge is 0.171 e. The number of anilines is 1. The van der Waals surface area contributed by atoms with Crippen molar-refractivity contribution in [1.82, 2.24) is 5.32 Å². The van der Waals surface area contributed by atoms with Gasteiger partial charge in [0.05, 0.1) is 10.7 Å². The van der Waals surface area contributed by atoms with Gasteiger partial charge in [-0.15, -0.1) is 0 Å². The Morgan fingerprint density at radius 3 is 2.75 bits per heavy atom. The summed E-state index contributed by atoms with van der Waals surface area (Å²) in [7, 11) is 0. The van der Waals surface area contributed by atoms with E-state index >= 15 is 0 Å². The Hall–Kier alpha value is -0.800. The van der Waals surface area contributed by atoms with Gasteiger partial charge >= 0.3 is 0 Å². The summed E-state index contributed by atoms with van der Waals surface area (Å²) in [5.41, 5.74) is 0.867. The van der Waals surface area contributed by atoms with Crippen LogP contribution in [0.25, 0.3) is 0 Å². The lowest BCUT2D eigenvalue weighted by Gasteiger charge is -2.29. The van der Waals surface area contributed by atoms with Gasteiger partial charge in [-0.2, -0.15) is 0 Å². The second kappa shape index (κ2) is 5.90. The van der Waals surface area contributed by atoms with Gasteiger partial charge in [0.1, 0.15) is 0 Å². The molecule has 4 atom stereocenters.